The Morgan fingerprint density at radius 1 is 1.23 bits per heavy atom. The predicted octanol–water partition coefficient (Wildman–Crippen LogP) is 3.96. The van der Waals surface area contributed by atoms with Gasteiger partial charge in [-0.2, -0.15) is 0 Å². The zero-order chi connectivity index (χ0) is 18.5. The Hall–Kier alpha value is -2.37. The summed E-state index contributed by atoms with van der Waals surface area (Å²) in [7, 11) is 1.73. The quantitative estimate of drug-likeness (QED) is 0.555. The minimum Gasteiger partial charge on any atom is -0.343 e. The van der Waals surface area contributed by atoms with Crippen LogP contribution in [0, 0.1) is 0 Å². The van der Waals surface area contributed by atoms with Crippen molar-refractivity contribution in [3.63, 3.8) is 0 Å². The number of thiol groups is 1. The lowest BCUT2D eigenvalue weighted by Gasteiger charge is -2.12. The number of carbonyl (C=O) groups excluding carboxylic acids is 1. The third-order valence-corrected chi connectivity index (χ3v) is 4.95. The number of anilines is 1. The van der Waals surface area contributed by atoms with Crippen molar-refractivity contribution in [1.29, 1.82) is 0 Å². The summed E-state index contributed by atoms with van der Waals surface area (Å²) in [6, 6.07) is 12.5. The molecule has 2 aromatic carbocycles. The number of nitrogens with one attached hydrogen (secondary N) is 1. The molecule has 0 unspecified atom stereocenters. The number of aldehydes is 1. The minimum atomic E-state index is 0.515. The first-order valence-electron chi connectivity index (χ1n) is 8.69. The van der Waals surface area contributed by atoms with E-state index in [-0.39, 0.29) is 0 Å². The molecule has 3 N–H and O–H groups in total. The van der Waals surface area contributed by atoms with Crippen LogP contribution < -0.4 is 11.1 Å². The molecule has 4 nitrogen and oxygen atoms in total. The summed E-state index contributed by atoms with van der Waals surface area (Å²) in [6.07, 6.45) is 5.22. The number of nitrogens with two attached hydrogens (primary N) is 1. The summed E-state index contributed by atoms with van der Waals surface area (Å²) >= 11 is 4.64. The van der Waals surface area contributed by atoms with Gasteiger partial charge in [-0.3, -0.25) is 9.79 Å². The first-order valence-corrected chi connectivity index (χ1v) is 9.14. The normalized spacial score (nSPS) is 15.0. The standard InChI is InChI=1S/C21H23N3OS/c1-23-21-10-14(13-25)9-18-7-6-16(11-19(18)24-21)17-5-4-15(3-2-8-22)20(26)12-17/h4-7,9,11-13,26H,2-3,8,10,22H2,1H3,(H,23,24). The maximum Gasteiger partial charge on any atom is 0.146 e. The highest BCUT2D eigenvalue weighted by molar-refractivity contribution is 7.80. The number of aliphatic imine (C=N–C) groups is 1. The molecule has 0 radical (unpaired) electrons. The van der Waals surface area contributed by atoms with Gasteiger partial charge in [0.15, 0.2) is 0 Å². The highest BCUT2D eigenvalue weighted by Gasteiger charge is 2.13. The molecule has 1 heterocycles. The Labute approximate surface area is 159 Å². The topological polar surface area (TPSA) is 67.5 Å². The van der Waals surface area contributed by atoms with Crippen molar-refractivity contribution < 1.29 is 4.79 Å². The monoisotopic (exact) mass is 365 g/mol. The average Bonchev–Trinajstić information content (AvgIpc) is 2.85. The van der Waals surface area contributed by atoms with E-state index in [9.17, 15) is 4.79 Å². The summed E-state index contributed by atoms with van der Waals surface area (Å²) in [5, 5.41) is 3.34. The molecule has 0 aromatic heterocycles. The van der Waals surface area contributed by atoms with Crippen LogP contribution in [0.2, 0.25) is 0 Å². The number of nitrogens with zero attached hydrogens (tertiary/aromatic N) is 1. The maximum absolute atomic E-state index is 11.2. The predicted molar refractivity (Wildman–Crippen MR) is 112 cm³/mol. The van der Waals surface area contributed by atoms with Crippen LogP contribution in [0.3, 0.4) is 0 Å². The van der Waals surface area contributed by atoms with Gasteiger partial charge >= 0.3 is 0 Å². The molecule has 0 atom stereocenters. The van der Waals surface area contributed by atoms with Crippen molar-refractivity contribution in [1.82, 2.24) is 0 Å². The molecular formula is C21H23N3OS. The van der Waals surface area contributed by atoms with E-state index in [1.54, 1.807) is 7.05 Å². The summed E-state index contributed by atoms with van der Waals surface area (Å²) < 4.78 is 0. The molecular weight excluding hydrogens is 342 g/mol. The smallest absolute Gasteiger partial charge is 0.146 e. The molecule has 0 spiro atoms. The molecule has 1 aliphatic heterocycles. The molecule has 0 amide bonds. The number of hydrogen-bond acceptors (Lipinski definition) is 4. The number of fused-ring (bicyclic) bond motifs is 1. The number of amidine groups is 1. The van der Waals surface area contributed by atoms with Crippen LogP contribution in [0.5, 0.6) is 0 Å². The van der Waals surface area contributed by atoms with Crippen molar-refractivity contribution in [2.45, 2.75) is 24.2 Å². The van der Waals surface area contributed by atoms with E-state index in [2.05, 4.69) is 53.3 Å². The first-order chi connectivity index (χ1) is 12.6. The Morgan fingerprint density at radius 2 is 2.00 bits per heavy atom. The molecule has 3 rings (SSSR count). The lowest BCUT2D eigenvalue weighted by molar-refractivity contribution is -0.104. The van der Waals surface area contributed by atoms with E-state index in [1.165, 1.54) is 5.56 Å². The largest absolute Gasteiger partial charge is 0.343 e. The molecule has 2 aromatic rings. The van der Waals surface area contributed by atoms with Crippen molar-refractivity contribution in [3.8, 4) is 11.1 Å². The van der Waals surface area contributed by atoms with Gasteiger partial charge in [0.05, 0.1) is 0 Å². The van der Waals surface area contributed by atoms with Gasteiger partial charge in [-0.05, 0) is 59.8 Å². The fraction of sp³-hybridized carbons (Fsp3) is 0.238. The molecule has 0 aliphatic carbocycles. The van der Waals surface area contributed by atoms with E-state index < -0.39 is 0 Å². The lowest BCUT2D eigenvalue weighted by atomic mass is 9.99. The number of carbonyl (C=O) groups is 1. The Balaban J connectivity index is 1.96. The number of rotatable bonds is 5. The number of aryl methyl sites for hydroxylation is 1. The Morgan fingerprint density at radius 3 is 2.69 bits per heavy atom. The van der Waals surface area contributed by atoms with Crippen molar-refractivity contribution >= 4 is 36.5 Å². The molecule has 0 fully saturated rings. The Bertz CT molecular complexity index is 887. The fourth-order valence-electron chi connectivity index (χ4n) is 3.07. The van der Waals surface area contributed by atoms with Gasteiger partial charge in [-0.1, -0.05) is 24.3 Å². The maximum atomic E-state index is 11.2. The Kier molecular flexibility index (Phi) is 5.91. The van der Waals surface area contributed by atoms with E-state index in [0.717, 1.165) is 52.2 Å². The van der Waals surface area contributed by atoms with E-state index >= 15 is 0 Å². The lowest BCUT2D eigenvalue weighted by Crippen LogP contribution is -2.12. The first kappa shape index (κ1) is 18.4. The van der Waals surface area contributed by atoms with Crippen LogP contribution in [0.1, 0.15) is 24.0 Å². The molecule has 134 valence electrons. The summed E-state index contributed by atoms with van der Waals surface area (Å²) in [6.45, 7) is 0.684. The third-order valence-electron chi connectivity index (χ3n) is 4.53. The van der Waals surface area contributed by atoms with Crippen LogP contribution in [0.4, 0.5) is 5.69 Å². The molecule has 26 heavy (non-hydrogen) atoms. The van der Waals surface area contributed by atoms with Crippen LogP contribution in [-0.4, -0.2) is 25.7 Å². The van der Waals surface area contributed by atoms with Crippen molar-refractivity contribution in [2.24, 2.45) is 10.7 Å². The second-order valence-electron chi connectivity index (χ2n) is 6.35. The van der Waals surface area contributed by atoms with Gasteiger partial charge < -0.3 is 11.1 Å². The van der Waals surface area contributed by atoms with E-state index in [4.69, 9.17) is 5.73 Å². The van der Waals surface area contributed by atoms with Crippen LogP contribution in [-0.2, 0) is 11.2 Å². The van der Waals surface area contributed by atoms with Crippen LogP contribution in [0.25, 0.3) is 17.2 Å². The van der Waals surface area contributed by atoms with E-state index in [1.807, 2.05) is 12.1 Å². The van der Waals surface area contributed by atoms with Crippen LogP contribution >= 0.6 is 12.6 Å². The second-order valence-corrected chi connectivity index (χ2v) is 6.83. The average molecular weight is 366 g/mol. The molecule has 0 saturated heterocycles. The second kappa shape index (κ2) is 8.34. The molecule has 5 heteroatoms. The van der Waals surface area contributed by atoms with Gasteiger partial charge in [0.2, 0.25) is 0 Å². The fourth-order valence-corrected chi connectivity index (χ4v) is 3.40. The molecule has 1 aliphatic rings. The minimum absolute atomic E-state index is 0.515. The zero-order valence-corrected chi connectivity index (χ0v) is 15.7. The summed E-state index contributed by atoms with van der Waals surface area (Å²) in [5.74, 6) is 0.784. The van der Waals surface area contributed by atoms with Crippen molar-refractivity contribution in [3.05, 3.63) is 53.1 Å². The molecule has 0 bridgehead atoms. The summed E-state index contributed by atoms with van der Waals surface area (Å²) in [5.41, 5.74) is 11.7. The summed E-state index contributed by atoms with van der Waals surface area (Å²) in [4.78, 5) is 16.5. The highest BCUT2D eigenvalue weighted by atomic mass is 32.1. The van der Waals surface area contributed by atoms with Gasteiger partial charge in [0.25, 0.3) is 0 Å². The van der Waals surface area contributed by atoms with Gasteiger partial charge in [0.1, 0.15) is 12.1 Å². The number of benzene rings is 2. The van der Waals surface area contributed by atoms with Gasteiger partial charge in [-0.15, -0.1) is 12.6 Å². The number of hydrogen-bond donors (Lipinski definition) is 3. The van der Waals surface area contributed by atoms with Gasteiger partial charge in [0, 0.05) is 29.6 Å². The van der Waals surface area contributed by atoms with Crippen LogP contribution in [0.15, 0.2) is 51.9 Å². The molecule has 0 saturated carbocycles. The highest BCUT2D eigenvalue weighted by Crippen LogP contribution is 2.31. The SMILES string of the molecule is CN=C1CC(C=O)=Cc2ccc(-c3ccc(CCCN)c(S)c3)cc2N1. The van der Waals surface area contributed by atoms with Gasteiger partial charge in [-0.25, -0.2) is 0 Å². The zero-order valence-electron chi connectivity index (χ0n) is 14.8. The third kappa shape index (κ3) is 4.06. The van der Waals surface area contributed by atoms with E-state index in [0.29, 0.717) is 18.5 Å². The van der Waals surface area contributed by atoms with Crippen molar-refractivity contribution in [2.75, 3.05) is 18.9 Å².